The normalized spacial score (nSPS) is 17.0. The highest BCUT2D eigenvalue weighted by Gasteiger charge is 2.41. The van der Waals surface area contributed by atoms with Gasteiger partial charge in [0.15, 0.2) is 5.69 Å². The van der Waals surface area contributed by atoms with Crippen molar-refractivity contribution in [3.05, 3.63) is 46.5 Å². The van der Waals surface area contributed by atoms with Crippen LogP contribution in [0.1, 0.15) is 43.1 Å². The molecule has 5 rings (SSSR count). The van der Waals surface area contributed by atoms with Crippen LogP contribution in [0.2, 0.25) is 5.02 Å². The average Bonchev–Trinajstić information content (AvgIpc) is 3.40. The van der Waals surface area contributed by atoms with Gasteiger partial charge in [0.2, 0.25) is 11.7 Å². The molecule has 1 amide bonds. The van der Waals surface area contributed by atoms with Crippen LogP contribution in [0, 0.1) is 12.8 Å². The molecule has 37 heavy (non-hydrogen) atoms. The van der Waals surface area contributed by atoms with E-state index in [1.54, 1.807) is 24.3 Å². The van der Waals surface area contributed by atoms with E-state index in [2.05, 4.69) is 31.0 Å². The van der Waals surface area contributed by atoms with Gasteiger partial charge in [-0.05, 0) is 55.2 Å². The molecule has 0 radical (unpaired) electrons. The Kier molecular flexibility index (Phi) is 6.65. The zero-order valence-electron chi connectivity index (χ0n) is 19.7. The fourth-order valence-electron chi connectivity index (χ4n) is 4.41. The Morgan fingerprint density at radius 2 is 2.11 bits per heavy atom. The molecule has 3 aromatic rings. The van der Waals surface area contributed by atoms with Crippen LogP contribution < -0.4 is 10.2 Å². The molecular weight excluding hydrogens is 516 g/mol. The van der Waals surface area contributed by atoms with Crippen molar-refractivity contribution in [1.29, 1.82) is 0 Å². The van der Waals surface area contributed by atoms with E-state index in [0.29, 0.717) is 36.3 Å². The van der Waals surface area contributed by atoms with Gasteiger partial charge in [0.1, 0.15) is 11.9 Å². The summed E-state index contributed by atoms with van der Waals surface area (Å²) in [6.45, 7) is 2.13. The SMILES string of the molecule is Cc1c(Cl)c(C(F)(F)F)nn1[C@@H](CC1CC1)C(=O)Nc1ccc(N2CCC=C(F)C2)cc1-c1nn[nH]n1. The summed E-state index contributed by atoms with van der Waals surface area (Å²) in [4.78, 5) is 15.4. The first-order valence-electron chi connectivity index (χ1n) is 11.7. The number of H-pyrrole nitrogens is 1. The zero-order valence-corrected chi connectivity index (χ0v) is 20.4. The van der Waals surface area contributed by atoms with E-state index in [1.807, 2.05) is 4.90 Å². The van der Waals surface area contributed by atoms with Gasteiger partial charge in [-0.2, -0.15) is 23.5 Å². The Labute approximate surface area is 213 Å². The van der Waals surface area contributed by atoms with Gasteiger partial charge in [-0.25, -0.2) is 4.39 Å². The lowest BCUT2D eigenvalue weighted by Crippen LogP contribution is -2.29. The summed E-state index contributed by atoms with van der Waals surface area (Å²) >= 11 is 5.96. The second kappa shape index (κ2) is 9.77. The predicted octanol–water partition coefficient (Wildman–Crippen LogP) is 5.09. The number of amides is 1. The monoisotopic (exact) mass is 538 g/mol. The Morgan fingerprint density at radius 3 is 2.73 bits per heavy atom. The molecule has 2 N–H and O–H groups in total. The van der Waals surface area contributed by atoms with Crippen molar-refractivity contribution in [1.82, 2.24) is 30.4 Å². The molecule has 0 saturated heterocycles. The van der Waals surface area contributed by atoms with Gasteiger partial charge < -0.3 is 10.2 Å². The van der Waals surface area contributed by atoms with E-state index in [1.165, 1.54) is 6.92 Å². The number of aromatic amines is 1. The molecule has 9 nitrogen and oxygen atoms in total. The Bertz CT molecular complexity index is 1330. The number of hydrogen-bond donors (Lipinski definition) is 2. The van der Waals surface area contributed by atoms with Crippen LogP contribution in [0.15, 0.2) is 30.1 Å². The van der Waals surface area contributed by atoms with Crippen LogP contribution in [0.3, 0.4) is 0 Å². The molecule has 2 aliphatic rings. The van der Waals surface area contributed by atoms with Crippen LogP contribution in [0.5, 0.6) is 0 Å². The minimum atomic E-state index is -4.75. The standard InChI is InChI=1S/C23H23ClF4N8O/c1-12-19(24)20(23(26,27)28)32-36(12)18(9-13-4-5-13)22(37)29-17-7-6-15(35-8-2-3-14(25)11-35)10-16(17)21-30-33-34-31-21/h3,6-7,10,13,18H,2,4-5,8-9,11H2,1H3,(H,29,37)(H,30,31,33,34)/t18-/m0/s1. The summed E-state index contributed by atoms with van der Waals surface area (Å²) in [7, 11) is 0. The number of carbonyl (C=O) groups excluding carboxylic acids is 1. The minimum absolute atomic E-state index is 0.0590. The molecule has 1 fully saturated rings. The molecule has 1 aliphatic heterocycles. The topological polar surface area (TPSA) is 105 Å². The van der Waals surface area contributed by atoms with Gasteiger partial charge in [-0.1, -0.05) is 24.4 Å². The average molecular weight is 539 g/mol. The number of alkyl halides is 3. The van der Waals surface area contributed by atoms with Crippen molar-refractivity contribution in [2.75, 3.05) is 23.3 Å². The van der Waals surface area contributed by atoms with Crippen LogP contribution in [0.25, 0.3) is 11.4 Å². The van der Waals surface area contributed by atoms with E-state index >= 15 is 0 Å². The van der Waals surface area contributed by atoms with Crippen LogP contribution in [-0.4, -0.2) is 49.4 Å². The maximum Gasteiger partial charge on any atom is 0.436 e. The number of nitrogens with zero attached hydrogens (tertiary/aromatic N) is 6. The fourth-order valence-corrected chi connectivity index (χ4v) is 4.64. The summed E-state index contributed by atoms with van der Waals surface area (Å²) in [5.74, 6) is -0.387. The number of hydrogen-bond acceptors (Lipinski definition) is 6. The molecule has 14 heteroatoms. The summed E-state index contributed by atoms with van der Waals surface area (Å²) in [5, 5.41) is 20.0. The van der Waals surface area contributed by atoms with Crippen LogP contribution >= 0.6 is 11.6 Å². The van der Waals surface area contributed by atoms with E-state index in [4.69, 9.17) is 11.6 Å². The summed E-state index contributed by atoms with van der Waals surface area (Å²) in [6.07, 6.45) is -0.577. The summed E-state index contributed by atoms with van der Waals surface area (Å²) in [5.41, 5.74) is 0.283. The third-order valence-electron chi connectivity index (χ3n) is 6.52. The highest BCUT2D eigenvalue weighted by molar-refractivity contribution is 6.32. The Balaban J connectivity index is 1.48. The predicted molar refractivity (Wildman–Crippen MR) is 128 cm³/mol. The van der Waals surface area contributed by atoms with Gasteiger partial charge in [0.25, 0.3) is 0 Å². The summed E-state index contributed by atoms with van der Waals surface area (Å²) in [6, 6.07) is 4.06. The second-order valence-corrected chi connectivity index (χ2v) is 9.58. The van der Waals surface area contributed by atoms with Gasteiger partial charge in [0.05, 0.1) is 22.9 Å². The largest absolute Gasteiger partial charge is 0.436 e. The highest BCUT2D eigenvalue weighted by Crippen LogP contribution is 2.41. The number of carbonyl (C=O) groups is 1. The third kappa shape index (κ3) is 5.31. The molecule has 196 valence electrons. The number of anilines is 2. The molecular formula is C23H23ClF4N8O. The first-order chi connectivity index (χ1) is 17.6. The van der Waals surface area contributed by atoms with Crippen LogP contribution in [-0.2, 0) is 11.0 Å². The summed E-state index contributed by atoms with van der Waals surface area (Å²) < 4.78 is 55.3. The maximum absolute atomic E-state index is 13.9. The van der Waals surface area contributed by atoms with Crippen molar-refractivity contribution in [2.24, 2.45) is 5.92 Å². The number of nitrogens with one attached hydrogen (secondary N) is 2. The first kappa shape index (κ1) is 25.2. The maximum atomic E-state index is 13.9. The Morgan fingerprint density at radius 1 is 1.32 bits per heavy atom. The molecule has 1 aromatic carbocycles. The highest BCUT2D eigenvalue weighted by atomic mass is 35.5. The van der Waals surface area contributed by atoms with E-state index < -0.39 is 28.8 Å². The minimum Gasteiger partial charge on any atom is -0.365 e. The molecule has 2 aromatic heterocycles. The van der Waals surface area contributed by atoms with E-state index in [9.17, 15) is 22.4 Å². The molecule has 1 atom stereocenters. The third-order valence-corrected chi connectivity index (χ3v) is 6.97. The van der Waals surface area contributed by atoms with Crippen molar-refractivity contribution < 1.29 is 22.4 Å². The zero-order chi connectivity index (χ0) is 26.3. The van der Waals surface area contributed by atoms with Gasteiger partial charge in [-0.3, -0.25) is 9.48 Å². The number of rotatable bonds is 7. The molecule has 0 bridgehead atoms. The van der Waals surface area contributed by atoms with Crippen LogP contribution in [0.4, 0.5) is 28.9 Å². The lowest BCUT2D eigenvalue weighted by atomic mass is 10.1. The molecule has 0 unspecified atom stereocenters. The second-order valence-electron chi connectivity index (χ2n) is 9.20. The quantitative estimate of drug-likeness (QED) is 0.406. The molecule has 1 saturated carbocycles. The van der Waals surface area contributed by atoms with E-state index in [-0.39, 0.29) is 29.8 Å². The Hall–Kier alpha value is -3.48. The van der Waals surface area contributed by atoms with Gasteiger partial charge in [0, 0.05) is 17.8 Å². The van der Waals surface area contributed by atoms with Gasteiger partial charge in [-0.15, -0.1) is 10.2 Å². The number of tetrazole rings is 1. The van der Waals surface area contributed by atoms with Crippen molar-refractivity contribution in [3.8, 4) is 11.4 Å². The molecule has 1 aliphatic carbocycles. The smallest absolute Gasteiger partial charge is 0.365 e. The van der Waals surface area contributed by atoms with E-state index in [0.717, 1.165) is 17.5 Å². The molecule has 3 heterocycles. The van der Waals surface area contributed by atoms with Crippen molar-refractivity contribution in [3.63, 3.8) is 0 Å². The lowest BCUT2D eigenvalue weighted by Gasteiger charge is -2.27. The van der Waals surface area contributed by atoms with Gasteiger partial charge >= 0.3 is 6.18 Å². The fraction of sp³-hybridized carbons (Fsp3) is 0.435. The molecule has 0 spiro atoms. The lowest BCUT2D eigenvalue weighted by molar-refractivity contribution is -0.141. The first-order valence-corrected chi connectivity index (χ1v) is 12.1. The number of halogens is 5. The van der Waals surface area contributed by atoms with Crippen molar-refractivity contribution in [2.45, 2.75) is 44.8 Å². The van der Waals surface area contributed by atoms with Crippen molar-refractivity contribution >= 4 is 28.9 Å². The number of benzene rings is 1. The number of aromatic nitrogens is 6.